The summed E-state index contributed by atoms with van der Waals surface area (Å²) in [6.07, 6.45) is 0. The van der Waals surface area contributed by atoms with E-state index in [2.05, 4.69) is 54.6 Å². The second-order valence-electron chi connectivity index (χ2n) is 8.21. The quantitative estimate of drug-likeness (QED) is 0.416. The summed E-state index contributed by atoms with van der Waals surface area (Å²) < 4.78 is 0. The van der Waals surface area contributed by atoms with Crippen LogP contribution in [-0.4, -0.2) is 84.6 Å². The zero-order valence-corrected chi connectivity index (χ0v) is 17.8. The van der Waals surface area contributed by atoms with Crippen LogP contribution in [0.2, 0.25) is 0 Å². The third kappa shape index (κ3) is 3.49. The molecule has 0 radical (unpaired) electrons. The number of hydrogen-bond donors (Lipinski definition) is 1. The molecule has 4 saturated heterocycles. The molecule has 0 spiro atoms. The minimum atomic E-state index is 0. The molecule has 23 heavy (non-hydrogen) atoms. The highest BCUT2D eigenvalue weighted by Crippen LogP contribution is 2.46. The van der Waals surface area contributed by atoms with Crippen LogP contribution in [0.5, 0.6) is 0 Å². The molecule has 6 heteroatoms. The molecule has 4 aliphatic rings. The zero-order chi connectivity index (χ0) is 16.0. The summed E-state index contributed by atoms with van der Waals surface area (Å²) in [5, 5.41) is 3.51. The van der Waals surface area contributed by atoms with Crippen LogP contribution >= 0.6 is 24.0 Å². The van der Waals surface area contributed by atoms with Gasteiger partial charge in [0.25, 0.3) is 0 Å². The Morgan fingerprint density at radius 2 is 1.78 bits per heavy atom. The lowest BCUT2D eigenvalue weighted by Crippen LogP contribution is -2.72. The van der Waals surface area contributed by atoms with E-state index in [0.29, 0.717) is 11.5 Å². The van der Waals surface area contributed by atoms with Gasteiger partial charge in [0.05, 0.1) is 6.54 Å². The Labute approximate surface area is 158 Å². The van der Waals surface area contributed by atoms with Crippen LogP contribution in [-0.2, 0) is 0 Å². The summed E-state index contributed by atoms with van der Waals surface area (Å²) in [5.74, 6) is 1.10. The van der Waals surface area contributed by atoms with Gasteiger partial charge in [0.1, 0.15) is 0 Å². The van der Waals surface area contributed by atoms with Crippen molar-refractivity contribution in [3.63, 3.8) is 0 Å². The van der Waals surface area contributed by atoms with Crippen LogP contribution in [0.25, 0.3) is 0 Å². The highest BCUT2D eigenvalue weighted by Gasteiger charge is 2.53. The highest BCUT2D eigenvalue weighted by atomic mass is 127. The van der Waals surface area contributed by atoms with Crippen molar-refractivity contribution in [2.24, 2.45) is 10.4 Å². The Bertz CT molecular complexity index is 440. The first-order valence-corrected chi connectivity index (χ1v) is 8.87. The number of guanidine groups is 1. The van der Waals surface area contributed by atoms with Crippen molar-refractivity contribution >= 4 is 29.9 Å². The molecule has 0 amide bonds. The fourth-order valence-electron chi connectivity index (χ4n) is 3.88. The van der Waals surface area contributed by atoms with Gasteiger partial charge in [-0.3, -0.25) is 14.8 Å². The van der Waals surface area contributed by atoms with Crippen LogP contribution in [0.4, 0.5) is 0 Å². The van der Waals surface area contributed by atoms with Crippen molar-refractivity contribution in [3.05, 3.63) is 0 Å². The second-order valence-corrected chi connectivity index (χ2v) is 8.21. The van der Waals surface area contributed by atoms with E-state index in [0.717, 1.165) is 25.6 Å². The summed E-state index contributed by atoms with van der Waals surface area (Å²) in [6, 6.07) is 0.605. The fraction of sp³-hybridized carbons (Fsp3) is 0.941. The first kappa shape index (κ1) is 19.2. The van der Waals surface area contributed by atoms with Gasteiger partial charge in [0.2, 0.25) is 0 Å². The molecule has 1 N–H and O–H groups in total. The molecule has 4 fully saturated rings. The lowest BCUT2D eigenvalue weighted by Gasteiger charge is -2.62. The lowest BCUT2D eigenvalue weighted by atomic mass is 9.65. The van der Waals surface area contributed by atoms with Crippen LogP contribution in [0.3, 0.4) is 0 Å². The predicted molar refractivity (Wildman–Crippen MR) is 108 cm³/mol. The van der Waals surface area contributed by atoms with Crippen molar-refractivity contribution in [2.75, 3.05) is 52.4 Å². The van der Waals surface area contributed by atoms with Gasteiger partial charge in [-0.25, -0.2) is 0 Å². The topological polar surface area (TPSA) is 34.1 Å². The summed E-state index contributed by atoms with van der Waals surface area (Å²) in [4.78, 5) is 12.7. The minimum Gasteiger partial charge on any atom is -0.356 e. The molecule has 1 atom stereocenters. The first-order valence-electron chi connectivity index (χ1n) is 8.87. The standard InChI is InChI=1S/C17H33N5.HI/c1-6-18-15(22-13-16(2,3)17(22,4)5)19-11-14-12-20-7-9-21(14)10-8-20;/h14H,6-13H2,1-5H3,(H,18,19);1H. The molecule has 0 aromatic rings. The third-order valence-corrected chi connectivity index (χ3v) is 6.32. The summed E-state index contributed by atoms with van der Waals surface area (Å²) in [6.45, 7) is 20.6. The SMILES string of the molecule is CCNC(=NCC1CN2CCN1CC2)N1CC(C)(C)C1(C)C.I. The Kier molecular flexibility index (Phi) is 5.89. The van der Waals surface area contributed by atoms with E-state index in [9.17, 15) is 0 Å². The Morgan fingerprint density at radius 3 is 2.22 bits per heavy atom. The van der Waals surface area contributed by atoms with Gasteiger partial charge in [-0.2, -0.15) is 0 Å². The second kappa shape index (κ2) is 7.04. The van der Waals surface area contributed by atoms with E-state index in [4.69, 9.17) is 4.99 Å². The normalized spacial score (nSPS) is 34.6. The number of rotatable bonds is 3. The molecule has 1 unspecified atom stereocenters. The van der Waals surface area contributed by atoms with Crippen molar-refractivity contribution in [1.29, 1.82) is 0 Å². The molecule has 0 aliphatic carbocycles. The van der Waals surface area contributed by atoms with E-state index < -0.39 is 0 Å². The number of aliphatic imine (C=N–C) groups is 1. The van der Waals surface area contributed by atoms with Gasteiger partial charge in [0, 0.05) is 62.8 Å². The molecular weight excluding hydrogens is 401 g/mol. The third-order valence-electron chi connectivity index (χ3n) is 6.32. The average molecular weight is 435 g/mol. The smallest absolute Gasteiger partial charge is 0.194 e. The van der Waals surface area contributed by atoms with Gasteiger partial charge in [-0.1, -0.05) is 13.8 Å². The van der Waals surface area contributed by atoms with E-state index in [-0.39, 0.29) is 29.5 Å². The maximum absolute atomic E-state index is 5.00. The Hall–Kier alpha value is -0.0800. The average Bonchev–Trinajstić information content (AvgIpc) is 2.50. The Balaban J connectivity index is 0.00000192. The molecule has 4 heterocycles. The van der Waals surface area contributed by atoms with Crippen LogP contribution in [0.1, 0.15) is 34.6 Å². The van der Waals surface area contributed by atoms with Gasteiger partial charge >= 0.3 is 0 Å². The fourth-order valence-corrected chi connectivity index (χ4v) is 3.88. The summed E-state index contributed by atoms with van der Waals surface area (Å²) in [7, 11) is 0. The van der Waals surface area contributed by atoms with Crippen LogP contribution in [0.15, 0.2) is 4.99 Å². The first-order chi connectivity index (χ1) is 10.3. The van der Waals surface area contributed by atoms with Gasteiger partial charge in [-0.05, 0) is 20.8 Å². The highest BCUT2D eigenvalue weighted by molar-refractivity contribution is 14.0. The number of likely N-dealkylation sites (tertiary alicyclic amines) is 1. The van der Waals surface area contributed by atoms with Crippen molar-refractivity contribution in [3.8, 4) is 0 Å². The van der Waals surface area contributed by atoms with E-state index in [1.54, 1.807) is 0 Å². The number of halogens is 1. The molecule has 0 aromatic carbocycles. The van der Waals surface area contributed by atoms with Crippen molar-refractivity contribution in [1.82, 2.24) is 20.0 Å². The molecule has 0 aromatic heterocycles. The van der Waals surface area contributed by atoms with Crippen LogP contribution in [0, 0.1) is 5.41 Å². The molecule has 4 aliphatic heterocycles. The van der Waals surface area contributed by atoms with Crippen molar-refractivity contribution < 1.29 is 0 Å². The van der Waals surface area contributed by atoms with Gasteiger partial charge < -0.3 is 10.2 Å². The number of nitrogens with zero attached hydrogens (tertiary/aromatic N) is 4. The van der Waals surface area contributed by atoms with Gasteiger partial charge in [0.15, 0.2) is 5.96 Å². The Morgan fingerprint density at radius 1 is 1.13 bits per heavy atom. The van der Waals surface area contributed by atoms with E-state index in [1.807, 2.05) is 0 Å². The maximum atomic E-state index is 5.00. The number of piperazine rings is 3. The van der Waals surface area contributed by atoms with Crippen LogP contribution < -0.4 is 5.32 Å². The van der Waals surface area contributed by atoms with E-state index >= 15 is 0 Å². The molecule has 4 rings (SSSR count). The summed E-state index contributed by atoms with van der Waals surface area (Å²) in [5.41, 5.74) is 0.520. The van der Waals surface area contributed by atoms with Gasteiger partial charge in [-0.15, -0.1) is 24.0 Å². The molecule has 134 valence electrons. The predicted octanol–water partition coefficient (Wildman–Crippen LogP) is 1.69. The maximum Gasteiger partial charge on any atom is 0.194 e. The largest absolute Gasteiger partial charge is 0.356 e. The number of fused-ring (bicyclic) bond motifs is 3. The lowest BCUT2D eigenvalue weighted by molar-refractivity contribution is -0.0669. The molecule has 0 saturated carbocycles. The summed E-state index contributed by atoms with van der Waals surface area (Å²) >= 11 is 0. The van der Waals surface area contributed by atoms with E-state index in [1.165, 1.54) is 32.7 Å². The molecular formula is C17H34IN5. The van der Waals surface area contributed by atoms with Crippen molar-refractivity contribution in [2.45, 2.75) is 46.2 Å². The number of hydrogen-bond acceptors (Lipinski definition) is 3. The minimum absolute atomic E-state index is 0. The zero-order valence-electron chi connectivity index (χ0n) is 15.4. The molecule has 5 nitrogen and oxygen atoms in total. The monoisotopic (exact) mass is 435 g/mol. The molecule has 2 bridgehead atoms. The number of nitrogens with one attached hydrogen (secondary N) is 1.